The Bertz CT molecular complexity index is 712. The van der Waals surface area contributed by atoms with E-state index < -0.39 is 0 Å². The highest BCUT2D eigenvalue weighted by Crippen LogP contribution is 2.24. The summed E-state index contributed by atoms with van der Waals surface area (Å²) in [6, 6.07) is 14.7. The van der Waals surface area contributed by atoms with Gasteiger partial charge in [0.25, 0.3) is 11.8 Å². The molecule has 0 aromatic heterocycles. The Morgan fingerprint density at radius 2 is 2.00 bits per heavy atom. The number of hydrogen-bond donors (Lipinski definition) is 2. The topological polar surface area (TPSA) is 75.4 Å². The van der Waals surface area contributed by atoms with Crippen LogP contribution in [-0.2, 0) is 13.1 Å². The van der Waals surface area contributed by atoms with E-state index in [2.05, 4.69) is 5.43 Å². The Labute approximate surface area is 122 Å². The molecule has 0 saturated carbocycles. The lowest BCUT2D eigenvalue weighted by atomic mass is 10.1. The van der Waals surface area contributed by atoms with Crippen molar-refractivity contribution in [3.8, 4) is 0 Å². The van der Waals surface area contributed by atoms with Gasteiger partial charge in [0.2, 0.25) is 0 Å². The molecule has 1 heterocycles. The molecule has 5 nitrogen and oxygen atoms in total. The summed E-state index contributed by atoms with van der Waals surface area (Å²) in [7, 11) is 0. The quantitative estimate of drug-likeness (QED) is 0.508. The zero-order chi connectivity index (χ0) is 14.8. The van der Waals surface area contributed by atoms with Gasteiger partial charge in [-0.05, 0) is 29.3 Å². The SMILES string of the molecule is NNC(=O)c1cccc(CN2Cc3ccccc3C2=O)c1. The van der Waals surface area contributed by atoms with Crippen LogP contribution in [0.3, 0.4) is 0 Å². The Balaban J connectivity index is 1.80. The molecule has 0 aliphatic carbocycles. The number of nitrogens with zero attached hydrogens (tertiary/aromatic N) is 1. The number of nitrogens with two attached hydrogens (primary N) is 1. The smallest absolute Gasteiger partial charge is 0.265 e. The fourth-order valence-electron chi connectivity index (χ4n) is 2.56. The fourth-order valence-corrected chi connectivity index (χ4v) is 2.56. The first-order valence-corrected chi connectivity index (χ1v) is 6.66. The number of hydrogen-bond acceptors (Lipinski definition) is 3. The van der Waals surface area contributed by atoms with Gasteiger partial charge in [0.1, 0.15) is 0 Å². The summed E-state index contributed by atoms with van der Waals surface area (Å²) in [5.74, 6) is 4.82. The van der Waals surface area contributed by atoms with Gasteiger partial charge in [0.15, 0.2) is 0 Å². The number of carbonyl (C=O) groups excluding carboxylic acids is 2. The number of carbonyl (C=O) groups is 2. The predicted octanol–water partition coefficient (Wildman–Crippen LogP) is 1.45. The Morgan fingerprint density at radius 1 is 1.19 bits per heavy atom. The van der Waals surface area contributed by atoms with Crippen molar-refractivity contribution in [2.75, 3.05) is 0 Å². The summed E-state index contributed by atoms with van der Waals surface area (Å²) in [5.41, 5.74) is 5.29. The largest absolute Gasteiger partial charge is 0.330 e. The maximum Gasteiger partial charge on any atom is 0.265 e. The minimum Gasteiger partial charge on any atom is -0.330 e. The molecule has 2 aromatic rings. The average molecular weight is 281 g/mol. The second kappa shape index (κ2) is 5.38. The van der Waals surface area contributed by atoms with Gasteiger partial charge in [-0.15, -0.1) is 0 Å². The highest BCUT2D eigenvalue weighted by atomic mass is 16.2. The number of fused-ring (bicyclic) bond motifs is 1. The lowest BCUT2D eigenvalue weighted by Crippen LogP contribution is -2.30. The molecule has 106 valence electrons. The number of nitrogens with one attached hydrogen (secondary N) is 1. The molecule has 0 fully saturated rings. The van der Waals surface area contributed by atoms with Gasteiger partial charge >= 0.3 is 0 Å². The third-order valence-corrected chi connectivity index (χ3v) is 3.59. The predicted molar refractivity (Wildman–Crippen MR) is 78.1 cm³/mol. The van der Waals surface area contributed by atoms with Crippen LogP contribution in [0.4, 0.5) is 0 Å². The molecular weight excluding hydrogens is 266 g/mol. The van der Waals surface area contributed by atoms with Crippen LogP contribution in [0.5, 0.6) is 0 Å². The van der Waals surface area contributed by atoms with Crippen molar-refractivity contribution in [3.63, 3.8) is 0 Å². The Morgan fingerprint density at radius 3 is 2.76 bits per heavy atom. The molecular formula is C16H15N3O2. The molecule has 1 aliphatic rings. The van der Waals surface area contributed by atoms with Gasteiger partial charge < -0.3 is 4.90 Å². The van der Waals surface area contributed by atoms with Crippen LogP contribution >= 0.6 is 0 Å². The number of benzene rings is 2. The first kappa shape index (κ1) is 13.3. The first-order chi connectivity index (χ1) is 10.2. The summed E-state index contributed by atoms with van der Waals surface area (Å²) in [6.07, 6.45) is 0. The molecule has 3 rings (SSSR count). The van der Waals surface area contributed by atoms with Crippen molar-refractivity contribution >= 4 is 11.8 Å². The highest BCUT2D eigenvalue weighted by Gasteiger charge is 2.26. The maximum atomic E-state index is 12.3. The van der Waals surface area contributed by atoms with Gasteiger partial charge in [-0.1, -0.05) is 30.3 Å². The molecule has 21 heavy (non-hydrogen) atoms. The number of hydrazine groups is 1. The average Bonchev–Trinajstić information content (AvgIpc) is 2.83. The summed E-state index contributed by atoms with van der Waals surface area (Å²) >= 11 is 0. The monoisotopic (exact) mass is 281 g/mol. The third kappa shape index (κ3) is 2.51. The molecule has 2 amide bonds. The van der Waals surface area contributed by atoms with Crippen LogP contribution in [-0.4, -0.2) is 16.7 Å². The molecule has 0 saturated heterocycles. The molecule has 5 heteroatoms. The van der Waals surface area contributed by atoms with E-state index in [-0.39, 0.29) is 11.8 Å². The molecule has 2 aromatic carbocycles. The number of amides is 2. The van der Waals surface area contributed by atoms with E-state index in [0.29, 0.717) is 18.7 Å². The summed E-state index contributed by atoms with van der Waals surface area (Å²) in [4.78, 5) is 25.6. The van der Waals surface area contributed by atoms with Crippen molar-refractivity contribution in [2.24, 2.45) is 5.84 Å². The van der Waals surface area contributed by atoms with Gasteiger partial charge in [-0.25, -0.2) is 5.84 Å². The Kier molecular flexibility index (Phi) is 3.41. The van der Waals surface area contributed by atoms with E-state index in [1.54, 1.807) is 23.1 Å². The van der Waals surface area contributed by atoms with Crippen molar-refractivity contribution in [1.82, 2.24) is 10.3 Å². The van der Waals surface area contributed by atoms with Gasteiger partial charge in [0.05, 0.1) is 0 Å². The molecule has 0 spiro atoms. The molecule has 3 N–H and O–H groups in total. The molecule has 1 aliphatic heterocycles. The van der Waals surface area contributed by atoms with Gasteiger partial charge in [-0.2, -0.15) is 0 Å². The standard InChI is InChI=1S/C16H15N3O2/c17-18-15(20)12-6-3-4-11(8-12)9-19-10-13-5-1-2-7-14(13)16(19)21/h1-8H,9-10,17H2,(H,18,20). The zero-order valence-electron chi connectivity index (χ0n) is 11.4. The summed E-state index contributed by atoms with van der Waals surface area (Å²) < 4.78 is 0. The fraction of sp³-hybridized carbons (Fsp3) is 0.125. The van der Waals surface area contributed by atoms with E-state index in [4.69, 9.17) is 5.84 Å². The minimum absolute atomic E-state index is 0.0271. The van der Waals surface area contributed by atoms with Crippen LogP contribution < -0.4 is 11.3 Å². The normalized spacial score (nSPS) is 13.2. The van der Waals surface area contributed by atoms with E-state index in [9.17, 15) is 9.59 Å². The highest BCUT2D eigenvalue weighted by molar-refractivity contribution is 5.98. The minimum atomic E-state index is -0.340. The van der Waals surface area contributed by atoms with Crippen LogP contribution in [0.2, 0.25) is 0 Å². The first-order valence-electron chi connectivity index (χ1n) is 6.66. The second-order valence-corrected chi connectivity index (χ2v) is 4.99. The number of rotatable bonds is 3. The summed E-state index contributed by atoms with van der Waals surface area (Å²) in [5, 5.41) is 0. The second-order valence-electron chi connectivity index (χ2n) is 4.99. The maximum absolute atomic E-state index is 12.3. The molecule has 0 atom stereocenters. The summed E-state index contributed by atoms with van der Waals surface area (Å²) in [6.45, 7) is 1.07. The van der Waals surface area contributed by atoms with Gasteiger partial charge in [-0.3, -0.25) is 15.0 Å². The van der Waals surface area contributed by atoms with E-state index in [1.807, 2.05) is 30.3 Å². The van der Waals surface area contributed by atoms with Crippen LogP contribution in [0, 0.1) is 0 Å². The molecule has 0 bridgehead atoms. The zero-order valence-corrected chi connectivity index (χ0v) is 11.4. The van der Waals surface area contributed by atoms with Gasteiger partial charge in [0, 0.05) is 24.2 Å². The van der Waals surface area contributed by atoms with Crippen LogP contribution in [0.1, 0.15) is 31.8 Å². The van der Waals surface area contributed by atoms with Crippen molar-refractivity contribution in [1.29, 1.82) is 0 Å². The molecule has 0 unspecified atom stereocenters. The Hall–Kier alpha value is -2.66. The third-order valence-electron chi connectivity index (χ3n) is 3.59. The lowest BCUT2D eigenvalue weighted by molar-refractivity contribution is 0.0766. The van der Waals surface area contributed by atoms with Crippen molar-refractivity contribution in [3.05, 3.63) is 70.8 Å². The van der Waals surface area contributed by atoms with Crippen molar-refractivity contribution < 1.29 is 9.59 Å². The van der Waals surface area contributed by atoms with E-state index in [1.165, 1.54) is 0 Å². The van der Waals surface area contributed by atoms with Crippen LogP contribution in [0.25, 0.3) is 0 Å². The molecule has 0 radical (unpaired) electrons. The number of nitrogen functional groups attached to an aromatic ring is 1. The van der Waals surface area contributed by atoms with Crippen molar-refractivity contribution in [2.45, 2.75) is 13.1 Å². The lowest BCUT2D eigenvalue weighted by Gasteiger charge is -2.16. The van der Waals surface area contributed by atoms with E-state index >= 15 is 0 Å². The van der Waals surface area contributed by atoms with E-state index in [0.717, 1.165) is 16.7 Å². The van der Waals surface area contributed by atoms with Crippen LogP contribution in [0.15, 0.2) is 48.5 Å².